The standard InChI is InChI=1S/C7H10O3.2HI.V/c1-4(6(3)8)5(2)7(9)10;;;/h5H,1H2,2-3H3,(H,9,10);2*1H;/q;;;+2/p-2. The summed E-state index contributed by atoms with van der Waals surface area (Å²) in [6.07, 6.45) is 0. The second kappa shape index (κ2) is 9.48. The molecule has 0 amide bonds. The molecular formula is C7H10I2O3V. The fraction of sp³-hybridized carbons (Fsp3) is 0.429. The molecule has 1 unspecified atom stereocenters. The molecule has 0 fully saturated rings. The van der Waals surface area contributed by atoms with E-state index in [0.29, 0.717) is 9.47 Å². The van der Waals surface area contributed by atoms with Gasteiger partial charge in [0, 0.05) is 5.57 Å². The Labute approximate surface area is 107 Å². The number of aliphatic carboxylic acids is 1. The molecule has 1 N–H and O–H groups in total. The van der Waals surface area contributed by atoms with E-state index in [0.717, 1.165) is 0 Å². The molecule has 75 valence electrons. The van der Waals surface area contributed by atoms with Crippen molar-refractivity contribution in [3.8, 4) is 0 Å². The van der Waals surface area contributed by atoms with Gasteiger partial charge in [-0.1, -0.05) is 6.58 Å². The monoisotopic (exact) mass is 447 g/mol. The molecule has 0 saturated heterocycles. The van der Waals surface area contributed by atoms with Crippen molar-refractivity contribution in [1.29, 1.82) is 0 Å². The summed E-state index contributed by atoms with van der Waals surface area (Å²) < 4.78 is 0. The Kier molecular flexibility index (Phi) is 11.9. The van der Waals surface area contributed by atoms with E-state index in [1.54, 1.807) is 0 Å². The van der Waals surface area contributed by atoms with Crippen LogP contribution in [0.1, 0.15) is 13.8 Å². The van der Waals surface area contributed by atoms with E-state index in [2.05, 4.69) is 46.5 Å². The van der Waals surface area contributed by atoms with E-state index in [1.807, 2.05) is 0 Å². The Bertz CT molecular complexity index is 206. The Morgan fingerprint density at radius 1 is 1.46 bits per heavy atom. The molecule has 0 aromatic heterocycles. The van der Waals surface area contributed by atoms with E-state index in [4.69, 9.17) is 5.11 Å². The van der Waals surface area contributed by atoms with Gasteiger partial charge in [0.05, 0.1) is 5.92 Å². The van der Waals surface area contributed by atoms with Crippen molar-refractivity contribution in [2.45, 2.75) is 13.8 Å². The molecule has 0 aliphatic carbocycles. The number of carboxylic acid groups (broad SMARTS) is 1. The Balaban J connectivity index is 0. The minimum atomic E-state index is -1.01. The fourth-order valence-electron chi connectivity index (χ4n) is 0.454. The van der Waals surface area contributed by atoms with Crippen LogP contribution in [0.25, 0.3) is 0 Å². The molecule has 13 heavy (non-hydrogen) atoms. The molecule has 0 radical (unpaired) electrons. The topological polar surface area (TPSA) is 54.4 Å². The normalized spacial score (nSPS) is 10.5. The summed E-state index contributed by atoms with van der Waals surface area (Å²) in [4.78, 5) is 20.8. The average molecular weight is 447 g/mol. The summed E-state index contributed by atoms with van der Waals surface area (Å²) in [6, 6.07) is 0. The second-order valence-electron chi connectivity index (χ2n) is 2.21. The van der Waals surface area contributed by atoms with Crippen LogP contribution in [0.5, 0.6) is 0 Å². The summed E-state index contributed by atoms with van der Waals surface area (Å²) in [5.41, 5.74) is 0.146. The van der Waals surface area contributed by atoms with E-state index < -0.39 is 11.9 Å². The zero-order valence-corrected chi connectivity index (χ0v) is 13.0. The molecule has 0 heterocycles. The molecule has 0 aliphatic heterocycles. The summed E-state index contributed by atoms with van der Waals surface area (Å²) in [5.74, 6) is -2.05. The van der Waals surface area contributed by atoms with Crippen molar-refractivity contribution in [1.82, 2.24) is 0 Å². The number of ketones is 1. The molecule has 0 aromatic carbocycles. The van der Waals surface area contributed by atoms with Crippen LogP contribution >= 0.6 is 40.0 Å². The van der Waals surface area contributed by atoms with Crippen molar-refractivity contribution in [3.63, 3.8) is 0 Å². The quantitative estimate of drug-likeness (QED) is 0.535. The number of carboxylic acids is 1. The van der Waals surface area contributed by atoms with Gasteiger partial charge in [-0.05, 0) is 13.8 Å². The van der Waals surface area contributed by atoms with Gasteiger partial charge in [0.25, 0.3) is 0 Å². The van der Waals surface area contributed by atoms with Crippen molar-refractivity contribution >= 4 is 51.7 Å². The van der Waals surface area contributed by atoms with Crippen LogP contribution in [-0.2, 0) is 19.1 Å². The third-order valence-electron chi connectivity index (χ3n) is 1.35. The second-order valence-corrected chi connectivity index (χ2v) is 14.0. The number of halogens is 2. The van der Waals surface area contributed by atoms with E-state index in [-0.39, 0.29) is 11.4 Å². The first kappa shape index (κ1) is 16.4. The first-order chi connectivity index (χ1) is 5.88. The number of Topliss-reactive ketones (excluding diaryl/α,β-unsaturated/α-hetero) is 1. The third kappa shape index (κ3) is 9.23. The number of hydrogen-bond donors (Lipinski definition) is 1. The van der Waals surface area contributed by atoms with E-state index in [9.17, 15) is 9.59 Å². The van der Waals surface area contributed by atoms with Gasteiger partial charge in [-0.25, -0.2) is 0 Å². The number of carbonyl (C=O) groups is 2. The molecule has 1 atom stereocenters. The molecule has 3 nitrogen and oxygen atoms in total. The van der Waals surface area contributed by atoms with Gasteiger partial charge in [0.15, 0.2) is 5.78 Å². The predicted octanol–water partition coefficient (Wildman–Crippen LogP) is 2.62. The molecular weight excluding hydrogens is 437 g/mol. The number of rotatable bonds is 3. The predicted molar refractivity (Wildman–Crippen MR) is 64.7 cm³/mol. The fourth-order valence-corrected chi connectivity index (χ4v) is 0.454. The van der Waals surface area contributed by atoms with E-state index in [1.165, 1.54) is 13.8 Å². The first-order valence-corrected chi connectivity index (χ1v) is 12.2. The van der Waals surface area contributed by atoms with Crippen LogP contribution in [0.4, 0.5) is 0 Å². The molecule has 0 aliphatic rings. The summed E-state index contributed by atoms with van der Waals surface area (Å²) in [7, 11) is 0.628. The zero-order valence-electron chi connectivity index (χ0n) is 7.25. The van der Waals surface area contributed by atoms with Crippen LogP contribution < -0.4 is 0 Å². The van der Waals surface area contributed by atoms with Gasteiger partial charge in [0.2, 0.25) is 0 Å². The minimum absolute atomic E-state index is 0.146. The molecule has 0 spiro atoms. The van der Waals surface area contributed by atoms with Gasteiger partial charge < -0.3 is 5.11 Å². The van der Waals surface area contributed by atoms with Crippen LogP contribution in [0, 0.1) is 5.92 Å². The SMILES string of the molecule is C=C(C(C)=O)C(C)C(=O)O.[I][V][I]. The van der Waals surface area contributed by atoms with Crippen molar-refractivity contribution < 1.29 is 24.2 Å². The summed E-state index contributed by atoms with van der Waals surface area (Å²) in [6.45, 7) is 6.09. The average Bonchev–Trinajstić information content (AvgIpc) is 2.03. The summed E-state index contributed by atoms with van der Waals surface area (Å²) >= 11 is 4.74. The molecule has 6 heteroatoms. The number of carbonyl (C=O) groups excluding carboxylic acids is 1. The number of hydrogen-bond acceptors (Lipinski definition) is 2. The molecule has 0 aromatic rings. The van der Waals surface area contributed by atoms with Crippen LogP contribution in [-0.4, -0.2) is 16.9 Å². The Morgan fingerprint density at radius 3 is 1.85 bits per heavy atom. The van der Waals surface area contributed by atoms with Gasteiger partial charge in [-0.2, -0.15) is 0 Å². The Hall–Kier alpha value is 0.924. The zero-order chi connectivity index (χ0) is 11.0. The van der Waals surface area contributed by atoms with Gasteiger partial charge in [-0.15, -0.1) is 0 Å². The van der Waals surface area contributed by atoms with Gasteiger partial charge in [0.1, 0.15) is 0 Å². The van der Waals surface area contributed by atoms with E-state index >= 15 is 0 Å². The van der Waals surface area contributed by atoms with Crippen molar-refractivity contribution in [2.75, 3.05) is 0 Å². The third-order valence-corrected chi connectivity index (χ3v) is 1.35. The maximum absolute atomic E-state index is 10.5. The van der Waals surface area contributed by atoms with Gasteiger partial charge >= 0.3 is 55.4 Å². The molecule has 0 bridgehead atoms. The molecule has 0 rings (SSSR count). The molecule has 0 saturated carbocycles. The van der Waals surface area contributed by atoms with Crippen molar-refractivity contribution in [2.24, 2.45) is 5.92 Å². The van der Waals surface area contributed by atoms with Crippen LogP contribution in [0.15, 0.2) is 12.2 Å². The maximum atomic E-state index is 10.5. The van der Waals surface area contributed by atoms with Crippen molar-refractivity contribution in [3.05, 3.63) is 12.2 Å². The Morgan fingerprint density at radius 2 is 1.77 bits per heavy atom. The first-order valence-electron chi connectivity index (χ1n) is 3.23. The van der Waals surface area contributed by atoms with Crippen LogP contribution in [0.3, 0.4) is 0 Å². The van der Waals surface area contributed by atoms with Gasteiger partial charge in [-0.3, -0.25) is 9.59 Å². The summed E-state index contributed by atoms with van der Waals surface area (Å²) in [5, 5.41) is 8.39. The van der Waals surface area contributed by atoms with Crippen LogP contribution in [0.2, 0.25) is 0 Å².